The lowest BCUT2D eigenvalue weighted by molar-refractivity contribution is -0.385. The van der Waals surface area contributed by atoms with Crippen molar-refractivity contribution in [3.63, 3.8) is 0 Å². The first-order valence-electron chi connectivity index (χ1n) is 4.46. The van der Waals surface area contributed by atoms with Crippen molar-refractivity contribution in [2.24, 2.45) is 0 Å². The number of rotatable bonds is 1. The van der Waals surface area contributed by atoms with Crippen molar-refractivity contribution in [3.05, 3.63) is 38.9 Å². The Morgan fingerprint density at radius 1 is 1.38 bits per heavy atom. The van der Waals surface area contributed by atoms with E-state index >= 15 is 0 Å². The van der Waals surface area contributed by atoms with E-state index in [-0.39, 0.29) is 10.6 Å². The molecule has 0 bridgehead atoms. The van der Waals surface area contributed by atoms with Crippen molar-refractivity contribution in [1.29, 1.82) is 0 Å². The standard InChI is InChI=1S/C10H11NO2/c1-7-9-4-2-3-8(9)5-6-10(7)11(12)13/h5-6H,2-4H2,1H3. The SMILES string of the molecule is Cc1c([N+](=O)[O-])ccc2c1CCC2. The van der Waals surface area contributed by atoms with Gasteiger partial charge in [-0.3, -0.25) is 10.1 Å². The third-order valence-corrected chi connectivity index (χ3v) is 2.74. The summed E-state index contributed by atoms with van der Waals surface area (Å²) in [5, 5.41) is 10.6. The van der Waals surface area contributed by atoms with Gasteiger partial charge in [0.25, 0.3) is 5.69 Å². The minimum Gasteiger partial charge on any atom is -0.258 e. The van der Waals surface area contributed by atoms with Crippen LogP contribution >= 0.6 is 0 Å². The van der Waals surface area contributed by atoms with E-state index in [4.69, 9.17) is 0 Å². The first-order valence-corrected chi connectivity index (χ1v) is 4.46. The molecule has 2 rings (SSSR count). The summed E-state index contributed by atoms with van der Waals surface area (Å²) < 4.78 is 0. The number of hydrogen-bond donors (Lipinski definition) is 0. The minimum absolute atomic E-state index is 0.264. The number of nitro benzene ring substituents is 1. The molecule has 0 spiro atoms. The topological polar surface area (TPSA) is 43.1 Å². The average Bonchev–Trinajstić information content (AvgIpc) is 2.52. The molecule has 0 heterocycles. The first-order chi connectivity index (χ1) is 6.20. The first kappa shape index (κ1) is 8.23. The lowest BCUT2D eigenvalue weighted by Gasteiger charge is -2.03. The number of fused-ring (bicyclic) bond motifs is 1. The van der Waals surface area contributed by atoms with Gasteiger partial charge in [-0.05, 0) is 37.3 Å². The molecular weight excluding hydrogens is 166 g/mol. The number of nitrogens with zero attached hydrogens (tertiary/aromatic N) is 1. The van der Waals surface area contributed by atoms with E-state index in [1.807, 2.05) is 13.0 Å². The molecule has 1 aliphatic carbocycles. The van der Waals surface area contributed by atoms with Crippen LogP contribution in [0, 0.1) is 17.0 Å². The highest BCUT2D eigenvalue weighted by Crippen LogP contribution is 2.30. The van der Waals surface area contributed by atoms with Gasteiger partial charge in [-0.1, -0.05) is 6.07 Å². The van der Waals surface area contributed by atoms with Crippen LogP contribution in [-0.4, -0.2) is 4.92 Å². The van der Waals surface area contributed by atoms with E-state index in [1.165, 1.54) is 11.1 Å². The van der Waals surface area contributed by atoms with Crippen LogP contribution in [0.25, 0.3) is 0 Å². The molecule has 0 radical (unpaired) electrons. The van der Waals surface area contributed by atoms with Crippen LogP contribution in [0.5, 0.6) is 0 Å². The highest BCUT2D eigenvalue weighted by atomic mass is 16.6. The lowest BCUT2D eigenvalue weighted by atomic mass is 10.0. The van der Waals surface area contributed by atoms with Crippen LogP contribution in [0.3, 0.4) is 0 Å². The van der Waals surface area contributed by atoms with Crippen molar-refractivity contribution >= 4 is 5.69 Å². The predicted molar refractivity (Wildman–Crippen MR) is 49.9 cm³/mol. The lowest BCUT2D eigenvalue weighted by Crippen LogP contribution is -1.95. The fourth-order valence-electron chi connectivity index (χ4n) is 2.04. The molecule has 1 aliphatic rings. The minimum atomic E-state index is -0.298. The molecule has 0 amide bonds. The van der Waals surface area contributed by atoms with Gasteiger partial charge in [0, 0.05) is 11.6 Å². The van der Waals surface area contributed by atoms with Crippen molar-refractivity contribution < 1.29 is 4.92 Å². The van der Waals surface area contributed by atoms with Gasteiger partial charge in [0.15, 0.2) is 0 Å². The van der Waals surface area contributed by atoms with Gasteiger partial charge in [-0.15, -0.1) is 0 Å². The summed E-state index contributed by atoms with van der Waals surface area (Å²) in [6.45, 7) is 1.85. The van der Waals surface area contributed by atoms with Gasteiger partial charge < -0.3 is 0 Å². The molecule has 0 aliphatic heterocycles. The highest BCUT2D eigenvalue weighted by Gasteiger charge is 2.19. The molecule has 0 atom stereocenters. The maximum absolute atomic E-state index is 10.6. The number of nitro groups is 1. The maximum Gasteiger partial charge on any atom is 0.272 e. The Morgan fingerprint density at radius 3 is 2.85 bits per heavy atom. The zero-order chi connectivity index (χ0) is 9.42. The normalized spacial score (nSPS) is 14.2. The largest absolute Gasteiger partial charge is 0.272 e. The van der Waals surface area contributed by atoms with E-state index in [0.29, 0.717) is 0 Å². The fourth-order valence-corrected chi connectivity index (χ4v) is 2.04. The Balaban J connectivity index is 2.59. The number of benzene rings is 1. The molecule has 3 nitrogen and oxygen atoms in total. The van der Waals surface area contributed by atoms with Crippen LogP contribution in [0.4, 0.5) is 5.69 Å². The average molecular weight is 177 g/mol. The van der Waals surface area contributed by atoms with E-state index < -0.39 is 0 Å². The van der Waals surface area contributed by atoms with E-state index in [2.05, 4.69) is 0 Å². The molecule has 0 N–H and O–H groups in total. The Kier molecular flexibility index (Phi) is 1.79. The second-order valence-electron chi connectivity index (χ2n) is 3.46. The molecule has 0 saturated heterocycles. The molecule has 0 saturated carbocycles. The highest BCUT2D eigenvalue weighted by molar-refractivity contribution is 5.50. The molecule has 0 unspecified atom stereocenters. The zero-order valence-corrected chi connectivity index (χ0v) is 7.54. The Labute approximate surface area is 76.5 Å². The molecule has 1 aromatic carbocycles. The van der Waals surface area contributed by atoms with Gasteiger partial charge in [-0.2, -0.15) is 0 Å². The Hall–Kier alpha value is -1.38. The van der Waals surface area contributed by atoms with Gasteiger partial charge >= 0.3 is 0 Å². The summed E-state index contributed by atoms with van der Waals surface area (Å²) in [7, 11) is 0. The summed E-state index contributed by atoms with van der Waals surface area (Å²) in [5.41, 5.74) is 3.62. The van der Waals surface area contributed by atoms with Crippen molar-refractivity contribution in [3.8, 4) is 0 Å². The van der Waals surface area contributed by atoms with Gasteiger partial charge in [0.2, 0.25) is 0 Å². The van der Waals surface area contributed by atoms with Gasteiger partial charge in [-0.25, -0.2) is 0 Å². The number of aryl methyl sites for hydroxylation is 1. The van der Waals surface area contributed by atoms with Crippen LogP contribution in [0.15, 0.2) is 12.1 Å². The van der Waals surface area contributed by atoms with Crippen LogP contribution in [0.2, 0.25) is 0 Å². The molecule has 0 fully saturated rings. The Morgan fingerprint density at radius 2 is 2.15 bits per heavy atom. The molecule has 0 aromatic heterocycles. The van der Waals surface area contributed by atoms with E-state index in [0.717, 1.165) is 24.8 Å². The number of hydrogen-bond acceptors (Lipinski definition) is 2. The third-order valence-electron chi connectivity index (χ3n) is 2.74. The van der Waals surface area contributed by atoms with Gasteiger partial charge in [0.05, 0.1) is 4.92 Å². The molecule has 3 heteroatoms. The summed E-state index contributed by atoms with van der Waals surface area (Å²) in [5.74, 6) is 0. The summed E-state index contributed by atoms with van der Waals surface area (Å²) >= 11 is 0. The zero-order valence-electron chi connectivity index (χ0n) is 7.54. The maximum atomic E-state index is 10.6. The Bertz CT molecular complexity index is 371. The van der Waals surface area contributed by atoms with E-state index in [1.54, 1.807) is 6.07 Å². The quantitative estimate of drug-likeness (QED) is 0.488. The summed E-state index contributed by atoms with van der Waals surface area (Å²) in [6.07, 6.45) is 3.22. The third kappa shape index (κ3) is 1.20. The van der Waals surface area contributed by atoms with Crippen molar-refractivity contribution in [2.45, 2.75) is 26.2 Å². The monoisotopic (exact) mass is 177 g/mol. The van der Waals surface area contributed by atoms with Crippen molar-refractivity contribution in [1.82, 2.24) is 0 Å². The molecule has 68 valence electrons. The van der Waals surface area contributed by atoms with Crippen LogP contribution in [-0.2, 0) is 12.8 Å². The van der Waals surface area contributed by atoms with Crippen molar-refractivity contribution in [2.75, 3.05) is 0 Å². The summed E-state index contributed by atoms with van der Waals surface area (Å²) in [6, 6.07) is 3.52. The smallest absolute Gasteiger partial charge is 0.258 e. The summed E-state index contributed by atoms with van der Waals surface area (Å²) in [4.78, 5) is 10.3. The predicted octanol–water partition coefficient (Wildman–Crippen LogP) is 2.39. The molecular formula is C10H11NO2. The molecule has 1 aromatic rings. The van der Waals surface area contributed by atoms with Crippen LogP contribution < -0.4 is 0 Å². The second-order valence-corrected chi connectivity index (χ2v) is 3.46. The van der Waals surface area contributed by atoms with E-state index in [9.17, 15) is 10.1 Å². The second kappa shape index (κ2) is 2.83. The van der Waals surface area contributed by atoms with Gasteiger partial charge in [0.1, 0.15) is 0 Å². The molecule has 13 heavy (non-hydrogen) atoms. The fraction of sp³-hybridized carbons (Fsp3) is 0.400. The van der Waals surface area contributed by atoms with Crippen LogP contribution in [0.1, 0.15) is 23.1 Å².